The first-order valence-corrected chi connectivity index (χ1v) is 11.6. The van der Waals surface area contributed by atoms with Crippen LogP contribution in [0.25, 0.3) is 0 Å². The van der Waals surface area contributed by atoms with E-state index in [1.165, 1.54) is 16.8 Å². The van der Waals surface area contributed by atoms with Gasteiger partial charge in [-0.15, -0.1) is 24.0 Å². The summed E-state index contributed by atoms with van der Waals surface area (Å²) in [6.45, 7) is 9.01. The summed E-state index contributed by atoms with van der Waals surface area (Å²) in [6, 6.07) is 20.1. The van der Waals surface area contributed by atoms with Crippen LogP contribution in [0.2, 0.25) is 0 Å². The number of piperidine rings is 1. The maximum atomic E-state index is 4.85. The molecule has 2 aliphatic heterocycles. The highest BCUT2D eigenvalue weighted by molar-refractivity contribution is 14.0. The fourth-order valence-corrected chi connectivity index (χ4v) is 4.26. The van der Waals surface area contributed by atoms with Crippen molar-refractivity contribution in [2.75, 3.05) is 37.6 Å². The predicted octanol–water partition coefficient (Wildman–Crippen LogP) is 4.40. The Morgan fingerprint density at radius 3 is 2.28 bits per heavy atom. The SMILES string of the molecule is CCNC(=NCc1ccc(N2CC=CC2)cc1)NC1CCN(Cc2ccccc2)CC1.I. The van der Waals surface area contributed by atoms with Gasteiger partial charge in [-0.1, -0.05) is 54.6 Å². The van der Waals surface area contributed by atoms with Crippen LogP contribution >= 0.6 is 24.0 Å². The Morgan fingerprint density at radius 2 is 1.62 bits per heavy atom. The minimum absolute atomic E-state index is 0. The predicted molar refractivity (Wildman–Crippen MR) is 146 cm³/mol. The number of nitrogens with one attached hydrogen (secondary N) is 2. The molecule has 4 rings (SSSR count). The summed E-state index contributed by atoms with van der Waals surface area (Å²) in [5, 5.41) is 7.08. The minimum Gasteiger partial charge on any atom is -0.364 e. The maximum Gasteiger partial charge on any atom is 0.191 e. The van der Waals surface area contributed by atoms with Gasteiger partial charge < -0.3 is 15.5 Å². The summed E-state index contributed by atoms with van der Waals surface area (Å²) >= 11 is 0. The van der Waals surface area contributed by atoms with E-state index in [2.05, 4.69) is 94.1 Å². The van der Waals surface area contributed by atoms with E-state index >= 15 is 0 Å². The first-order valence-electron chi connectivity index (χ1n) is 11.6. The van der Waals surface area contributed by atoms with Gasteiger partial charge in [0.25, 0.3) is 0 Å². The van der Waals surface area contributed by atoms with Crippen LogP contribution in [-0.2, 0) is 13.1 Å². The normalized spacial score (nSPS) is 17.3. The lowest BCUT2D eigenvalue weighted by Crippen LogP contribution is -2.48. The highest BCUT2D eigenvalue weighted by Crippen LogP contribution is 2.18. The molecule has 0 aliphatic carbocycles. The largest absolute Gasteiger partial charge is 0.364 e. The molecule has 2 aliphatic rings. The maximum absolute atomic E-state index is 4.85. The van der Waals surface area contributed by atoms with Gasteiger partial charge in [0.2, 0.25) is 0 Å². The second-order valence-corrected chi connectivity index (χ2v) is 8.42. The third-order valence-electron chi connectivity index (χ3n) is 6.06. The molecule has 0 bridgehead atoms. The van der Waals surface area contributed by atoms with Crippen LogP contribution in [0.1, 0.15) is 30.9 Å². The van der Waals surface area contributed by atoms with Crippen molar-refractivity contribution in [2.45, 2.75) is 38.9 Å². The van der Waals surface area contributed by atoms with E-state index in [4.69, 9.17) is 4.99 Å². The van der Waals surface area contributed by atoms with Gasteiger partial charge in [0.05, 0.1) is 6.54 Å². The molecule has 5 nitrogen and oxygen atoms in total. The Kier molecular flexibility index (Phi) is 9.87. The molecule has 0 amide bonds. The number of guanidine groups is 1. The van der Waals surface area contributed by atoms with Gasteiger partial charge in [-0.2, -0.15) is 0 Å². The highest BCUT2D eigenvalue weighted by Gasteiger charge is 2.20. The van der Waals surface area contributed by atoms with Gasteiger partial charge in [-0.3, -0.25) is 4.90 Å². The van der Waals surface area contributed by atoms with Crippen LogP contribution in [0.4, 0.5) is 5.69 Å². The van der Waals surface area contributed by atoms with E-state index in [9.17, 15) is 0 Å². The van der Waals surface area contributed by atoms with Crippen molar-refractivity contribution in [3.63, 3.8) is 0 Å². The van der Waals surface area contributed by atoms with Crippen molar-refractivity contribution < 1.29 is 0 Å². The smallest absolute Gasteiger partial charge is 0.191 e. The number of anilines is 1. The molecule has 2 aromatic carbocycles. The fourth-order valence-electron chi connectivity index (χ4n) is 4.26. The molecule has 2 aromatic rings. The Hall–Kier alpha value is -2.06. The summed E-state index contributed by atoms with van der Waals surface area (Å²) in [4.78, 5) is 9.76. The molecule has 0 atom stereocenters. The lowest BCUT2D eigenvalue weighted by Gasteiger charge is -2.33. The van der Waals surface area contributed by atoms with E-state index < -0.39 is 0 Å². The van der Waals surface area contributed by atoms with Crippen LogP contribution in [0.5, 0.6) is 0 Å². The van der Waals surface area contributed by atoms with Crippen molar-refractivity contribution in [2.24, 2.45) is 4.99 Å². The molecule has 2 N–H and O–H groups in total. The lowest BCUT2D eigenvalue weighted by atomic mass is 10.0. The summed E-state index contributed by atoms with van der Waals surface area (Å²) in [7, 11) is 0. The van der Waals surface area contributed by atoms with Gasteiger partial charge in [0.15, 0.2) is 5.96 Å². The van der Waals surface area contributed by atoms with Gasteiger partial charge >= 0.3 is 0 Å². The fraction of sp³-hybridized carbons (Fsp3) is 0.423. The summed E-state index contributed by atoms with van der Waals surface area (Å²) < 4.78 is 0. The zero-order chi connectivity index (χ0) is 21.3. The average molecular weight is 546 g/mol. The topological polar surface area (TPSA) is 42.9 Å². The molecule has 0 saturated carbocycles. The first-order chi connectivity index (χ1) is 15.3. The quantitative estimate of drug-likeness (QED) is 0.234. The van der Waals surface area contributed by atoms with Crippen LogP contribution in [0.3, 0.4) is 0 Å². The van der Waals surface area contributed by atoms with Gasteiger partial charge in [-0.05, 0) is 43.0 Å². The van der Waals surface area contributed by atoms with Crippen LogP contribution in [0, 0.1) is 0 Å². The molecular weight excluding hydrogens is 509 g/mol. The van der Waals surface area contributed by atoms with Crippen molar-refractivity contribution in [1.29, 1.82) is 0 Å². The number of benzene rings is 2. The molecule has 1 saturated heterocycles. The molecule has 2 heterocycles. The Bertz CT molecular complexity index is 850. The molecule has 172 valence electrons. The Morgan fingerprint density at radius 1 is 0.938 bits per heavy atom. The molecule has 6 heteroatoms. The molecule has 0 aromatic heterocycles. The van der Waals surface area contributed by atoms with E-state index in [-0.39, 0.29) is 24.0 Å². The number of rotatable bonds is 7. The molecule has 0 unspecified atom stereocenters. The Balaban J connectivity index is 0.00000289. The number of hydrogen-bond acceptors (Lipinski definition) is 3. The average Bonchev–Trinajstić information content (AvgIpc) is 3.35. The second kappa shape index (κ2) is 12.8. The molecule has 0 spiro atoms. The van der Waals surface area contributed by atoms with Crippen LogP contribution in [0.15, 0.2) is 71.7 Å². The van der Waals surface area contributed by atoms with Crippen molar-refractivity contribution in [1.82, 2.24) is 15.5 Å². The monoisotopic (exact) mass is 545 g/mol. The van der Waals surface area contributed by atoms with Crippen LogP contribution in [-0.4, -0.2) is 49.6 Å². The first kappa shape index (κ1) is 24.6. The van der Waals surface area contributed by atoms with Crippen molar-refractivity contribution in [3.05, 3.63) is 77.9 Å². The van der Waals surface area contributed by atoms with E-state index in [1.54, 1.807) is 0 Å². The molecule has 32 heavy (non-hydrogen) atoms. The lowest BCUT2D eigenvalue weighted by molar-refractivity contribution is 0.198. The third-order valence-corrected chi connectivity index (χ3v) is 6.06. The van der Waals surface area contributed by atoms with Gasteiger partial charge in [0.1, 0.15) is 0 Å². The molecule has 1 fully saturated rings. The zero-order valence-corrected chi connectivity index (χ0v) is 21.4. The summed E-state index contributed by atoms with van der Waals surface area (Å²) in [6.07, 6.45) is 6.74. The van der Waals surface area contributed by atoms with E-state index in [0.29, 0.717) is 12.6 Å². The number of nitrogens with zero attached hydrogens (tertiary/aromatic N) is 3. The van der Waals surface area contributed by atoms with Gasteiger partial charge in [0, 0.05) is 51.0 Å². The van der Waals surface area contributed by atoms with Crippen molar-refractivity contribution in [3.8, 4) is 0 Å². The van der Waals surface area contributed by atoms with E-state index in [1.807, 2.05) is 0 Å². The van der Waals surface area contributed by atoms with Crippen LogP contribution < -0.4 is 15.5 Å². The summed E-state index contributed by atoms with van der Waals surface area (Å²) in [5.41, 5.74) is 3.92. The second-order valence-electron chi connectivity index (χ2n) is 8.42. The number of aliphatic imine (C=N–C) groups is 1. The number of hydrogen-bond donors (Lipinski definition) is 2. The highest BCUT2D eigenvalue weighted by atomic mass is 127. The molecule has 0 radical (unpaired) electrons. The minimum atomic E-state index is 0. The zero-order valence-electron chi connectivity index (χ0n) is 19.0. The van der Waals surface area contributed by atoms with Crippen molar-refractivity contribution >= 4 is 35.6 Å². The number of halogens is 1. The standard InChI is InChI=1S/C26H35N5.HI/c1-2-27-26(28-20-22-10-12-25(13-11-22)31-16-6-7-17-31)29-24-14-18-30(19-15-24)21-23-8-4-3-5-9-23;/h3-13,24H,2,14-21H2,1H3,(H2,27,28,29);1H. The van der Waals surface area contributed by atoms with E-state index in [0.717, 1.165) is 58.1 Å². The molecular formula is C26H36IN5. The summed E-state index contributed by atoms with van der Waals surface area (Å²) in [5.74, 6) is 0.928. The number of likely N-dealkylation sites (tertiary alicyclic amines) is 1. The third kappa shape index (κ3) is 7.24. The Labute approximate surface area is 210 Å². The van der Waals surface area contributed by atoms with Gasteiger partial charge in [-0.25, -0.2) is 4.99 Å².